The number of hydrogen-bond acceptors (Lipinski definition) is 6. The highest BCUT2D eigenvalue weighted by Crippen LogP contribution is 2.38. The van der Waals surface area contributed by atoms with Crippen LogP contribution < -0.4 is 9.44 Å². The van der Waals surface area contributed by atoms with E-state index in [0.717, 1.165) is 11.1 Å². The Hall–Kier alpha value is -2.80. The number of rotatable bonds is 8. The Morgan fingerprint density at radius 1 is 0.774 bits per heavy atom. The second kappa shape index (κ2) is 8.04. The summed E-state index contributed by atoms with van der Waals surface area (Å²) in [7, 11) is -8.12. The van der Waals surface area contributed by atoms with E-state index in [4.69, 9.17) is 10.2 Å². The standard InChI is InChI=1S/C19H20N2O8S2/c1-10(18(22)23)20-30(26,27)14-3-5-16-12(8-14)7-13-9-15(4-6-17(13)16)31(28,29)21-11(2)19(24)25/h3-6,8-11,20-21H,7H2,1-2H3,(H,22,23)(H,24,25)/t10-,11-/m1/s1. The summed E-state index contributed by atoms with van der Waals surface area (Å²) in [5.74, 6) is -2.62. The highest BCUT2D eigenvalue weighted by Gasteiger charge is 2.27. The average molecular weight is 469 g/mol. The van der Waals surface area contributed by atoms with Gasteiger partial charge in [0.1, 0.15) is 12.1 Å². The van der Waals surface area contributed by atoms with Gasteiger partial charge >= 0.3 is 11.9 Å². The molecule has 0 radical (unpaired) electrons. The summed E-state index contributed by atoms with van der Waals surface area (Å²) in [5, 5.41) is 17.9. The molecule has 12 heteroatoms. The topological polar surface area (TPSA) is 167 Å². The van der Waals surface area contributed by atoms with Crippen molar-refractivity contribution in [2.75, 3.05) is 0 Å². The molecule has 0 saturated heterocycles. The van der Waals surface area contributed by atoms with Gasteiger partial charge in [-0.25, -0.2) is 16.8 Å². The second-order valence-electron chi connectivity index (χ2n) is 7.18. The molecule has 0 aromatic heterocycles. The first-order valence-electron chi connectivity index (χ1n) is 9.08. The molecule has 2 aromatic rings. The monoisotopic (exact) mass is 468 g/mol. The number of nitrogens with one attached hydrogen (secondary N) is 2. The molecule has 0 saturated carbocycles. The van der Waals surface area contributed by atoms with E-state index in [0.29, 0.717) is 11.1 Å². The van der Waals surface area contributed by atoms with E-state index in [1.54, 1.807) is 12.1 Å². The summed E-state index contributed by atoms with van der Waals surface area (Å²) < 4.78 is 54.0. The summed E-state index contributed by atoms with van der Waals surface area (Å²) in [6.45, 7) is 2.43. The molecule has 0 fully saturated rings. The maximum Gasteiger partial charge on any atom is 0.321 e. The number of carbonyl (C=O) groups is 2. The first-order valence-corrected chi connectivity index (χ1v) is 12.0. The van der Waals surface area contributed by atoms with Crippen LogP contribution in [0.5, 0.6) is 0 Å². The molecule has 0 amide bonds. The molecule has 4 N–H and O–H groups in total. The van der Waals surface area contributed by atoms with Gasteiger partial charge in [-0.2, -0.15) is 9.44 Å². The van der Waals surface area contributed by atoms with Crippen LogP contribution in [-0.2, 0) is 36.1 Å². The molecule has 1 aliphatic rings. The van der Waals surface area contributed by atoms with Gasteiger partial charge in [0, 0.05) is 0 Å². The van der Waals surface area contributed by atoms with Crippen molar-refractivity contribution >= 4 is 32.0 Å². The molecular formula is C19H20N2O8S2. The van der Waals surface area contributed by atoms with Gasteiger partial charge in [0.05, 0.1) is 9.79 Å². The fourth-order valence-electron chi connectivity index (χ4n) is 3.20. The highest BCUT2D eigenvalue weighted by molar-refractivity contribution is 7.89. The summed E-state index contributed by atoms with van der Waals surface area (Å²) in [6, 6.07) is 6.11. The molecule has 0 heterocycles. The molecule has 0 bridgehead atoms. The molecule has 3 rings (SSSR count). The van der Waals surface area contributed by atoms with Crippen molar-refractivity contribution in [3.8, 4) is 11.1 Å². The Morgan fingerprint density at radius 3 is 1.45 bits per heavy atom. The zero-order valence-corrected chi connectivity index (χ0v) is 18.1. The number of benzene rings is 2. The lowest BCUT2D eigenvalue weighted by molar-refractivity contribution is -0.139. The lowest BCUT2D eigenvalue weighted by Gasteiger charge is -2.11. The van der Waals surface area contributed by atoms with E-state index in [1.165, 1.54) is 38.1 Å². The van der Waals surface area contributed by atoms with Gasteiger partial charge < -0.3 is 10.2 Å². The van der Waals surface area contributed by atoms with Crippen molar-refractivity contribution in [1.29, 1.82) is 0 Å². The lowest BCUT2D eigenvalue weighted by atomic mass is 10.1. The van der Waals surface area contributed by atoms with Crippen molar-refractivity contribution in [2.45, 2.75) is 42.1 Å². The van der Waals surface area contributed by atoms with Crippen LogP contribution in [0.3, 0.4) is 0 Å². The quantitative estimate of drug-likeness (QED) is 0.376. The van der Waals surface area contributed by atoms with E-state index in [2.05, 4.69) is 9.44 Å². The van der Waals surface area contributed by atoms with Crippen LogP contribution in [0.15, 0.2) is 46.2 Å². The minimum Gasteiger partial charge on any atom is -0.480 e. The van der Waals surface area contributed by atoms with Crippen LogP contribution in [0.1, 0.15) is 25.0 Å². The van der Waals surface area contributed by atoms with Crippen LogP contribution in [0, 0.1) is 0 Å². The normalized spacial score (nSPS) is 15.0. The minimum atomic E-state index is -4.06. The predicted molar refractivity (Wildman–Crippen MR) is 110 cm³/mol. The molecule has 1 aliphatic carbocycles. The SMILES string of the molecule is C[C@@H](NS(=O)(=O)c1ccc2c(c1)Cc1cc(S(=O)(=O)N[C@H](C)C(=O)O)ccc1-2)C(=O)O. The van der Waals surface area contributed by atoms with Gasteiger partial charge in [-0.1, -0.05) is 12.1 Å². The van der Waals surface area contributed by atoms with E-state index < -0.39 is 44.1 Å². The molecule has 0 unspecified atom stereocenters. The summed E-state index contributed by atoms with van der Waals surface area (Å²) in [6.07, 6.45) is 0.264. The Kier molecular flexibility index (Phi) is 5.93. The molecule has 2 atom stereocenters. The number of hydrogen-bond donors (Lipinski definition) is 4. The van der Waals surface area contributed by atoms with Crippen molar-refractivity contribution in [1.82, 2.24) is 9.44 Å². The fraction of sp³-hybridized carbons (Fsp3) is 0.263. The average Bonchev–Trinajstić information content (AvgIpc) is 3.04. The molecule has 2 aromatic carbocycles. The fourth-order valence-corrected chi connectivity index (χ4v) is 5.69. The largest absolute Gasteiger partial charge is 0.480 e. The summed E-state index contributed by atoms with van der Waals surface area (Å²) in [5.41, 5.74) is 2.75. The van der Waals surface area contributed by atoms with Gasteiger partial charge in [-0.3, -0.25) is 9.59 Å². The molecule has 0 aliphatic heterocycles. The van der Waals surface area contributed by atoms with Gasteiger partial charge in [0.15, 0.2) is 0 Å². The highest BCUT2D eigenvalue weighted by atomic mass is 32.2. The Labute approximate surface area is 179 Å². The van der Waals surface area contributed by atoms with Crippen molar-refractivity contribution in [3.05, 3.63) is 47.5 Å². The van der Waals surface area contributed by atoms with Crippen LogP contribution in [0.2, 0.25) is 0 Å². The number of fused-ring (bicyclic) bond motifs is 3. The first-order chi connectivity index (χ1) is 14.3. The van der Waals surface area contributed by atoms with E-state index in [-0.39, 0.29) is 16.2 Å². The molecule has 10 nitrogen and oxygen atoms in total. The molecule has 0 spiro atoms. The van der Waals surface area contributed by atoms with Crippen LogP contribution in [0.25, 0.3) is 11.1 Å². The van der Waals surface area contributed by atoms with Crippen LogP contribution in [-0.4, -0.2) is 51.1 Å². The smallest absolute Gasteiger partial charge is 0.321 e. The third kappa shape index (κ3) is 4.61. The van der Waals surface area contributed by atoms with Gasteiger partial charge in [-0.15, -0.1) is 0 Å². The lowest BCUT2D eigenvalue weighted by Crippen LogP contribution is -2.38. The number of sulfonamides is 2. The Morgan fingerprint density at radius 2 is 1.13 bits per heavy atom. The number of carboxylic acid groups (broad SMARTS) is 2. The van der Waals surface area contributed by atoms with Gasteiger partial charge in [-0.05, 0) is 66.8 Å². The maximum atomic E-state index is 12.5. The zero-order valence-electron chi connectivity index (χ0n) is 16.5. The number of aliphatic carboxylic acids is 2. The van der Waals surface area contributed by atoms with Crippen molar-refractivity contribution < 1.29 is 36.6 Å². The summed E-state index contributed by atoms with van der Waals surface area (Å²) in [4.78, 5) is 21.7. The molecule has 166 valence electrons. The molecule has 31 heavy (non-hydrogen) atoms. The van der Waals surface area contributed by atoms with Gasteiger partial charge in [0.25, 0.3) is 0 Å². The van der Waals surface area contributed by atoms with Crippen LogP contribution >= 0.6 is 0 Å². The minimum absolute atomic E-state index is 0.100. The van der Waals surface area contributed by atoms with E-state index in [1.807, 2.05) is 0 Å². The zero-order chi connectivity index (χ0) is 23.1. The second-order valence-corrected chi connectivity index (χ2v) is 10.6. The predicted octanol–water partition coefficient (Wildman–Crippen LogP) is 0.761. The number of carboxylic acids is 2. The van der Waals surface area contributed by atoms with Crippen LogP contribution in [0.4, 0.5) is 0 Å². The molecular weight excluding hydrogens is 448 g/mol. The third-order valence-electron chi connectivity index (χ3n) is 4.85. The maximum absolute atomic E-state index is 12.5. The summed E-state index contributed by atoms with van der Waals surface area (Å²) >= 11 is 0. The van der Waals surface area contributed by atoms with Crippen molar-refractivity contribution in [2.24, 2.45) is 0 Å². The third-order valence-corrected chi connectivity index (χ3v) is 7.93. The van der Waals surface area contributed by atoms with E-state index >= 15 is 0 Å². The van der Waals surface area contributed by atoms with E-state index in [9.17, 15) is 26.4 Å². The van der Waals surface area contributed by atoms with Gasteiger partial charge in [0.2, 0.25) is 20.0 Å². The van der Waals surface area contributed by atoms with Crippen molar-refractivity contribution in [3.63, 3.8) is 0 Å². The Balaban J connectivity index is 1.91. The first kappa shape index (κ1) is 22.9. The Bertz CT molecular complexity index is 1190.